The molecule has 0 aromatic rings. The van der Waals surface area contributed by atoms with Crippen LogP contribution in [0.25, 0.3) is 0 Å². The van der Waals surface area contributed by atoms with Gasteiger partial charge in [-0.15, -0.1) is 0 Å². The van der Waals surface area contributed by atoms with E-state index >= 15 is 0 Å². The van der Waals surface area contributed by atoms with Crippen molar-refractivity contribution in [2.24, 2.45) is 5.92 Å². The van der Waals surface area contributed by atoms with Gasteiger partial charge in [0, 0.05) is 25.2 Å². The molecule has 2 saturated heterocycles. The molecule has 19 heavy (non-hydrogen) atoms. The summed E-state index contributed by atoms with van der Waals surface area (Å²) in [7, 11) is 4.55. The highest BCUT2D eigenvalue weighted by atomic mass is 16.5. The number of hydrogen-bond acceptors (Lipinski definition) is 4. The topological polar surface area (TPSA) is 27.7 Å². The summed E-state index contributed by atoms with van der Waals surface area (Å²) in [5.41, 5.74) is 0. The Morgan fingerprint density at radius 1 is 1.26 bits per heavy atom. The summed E-state index contributed by atoms with van der Waals surface area (Å²) in [5, 5.41) is 3.75. The lowest BCUT2D eigenvalue weighted by Gasteiger charge is -2.40. The lowest BCUT2D eigenvalue weighted by molar-refractivity contribution is 0.0197. The monoisotopic (exact) mass is 269 g/mol. The number of likely N-dealkylation sites (N-methyl/N-ethyl adjacent to an activating group) is 3. The van der Waals surface area contributed by atoms with E-state index in [1.165, 1.54) is 38.9 Å². The summed E-state index contributed by atoms with van der Waals surface area (Å²) in [6, 6.07) is 1.18. The van der Waals surface area contributed by atoms with Crippen LogP contribution in [0.3, 0.4) is 0 Å². The Kier molecular flexibility index (Phi) is 6.07. The number of nitrogens with one attached hydrogen (secondary N) is 1. The fraction of sp³-hybridized carbons (Fsp3) is 1.00. The van der Waals surface area contributed by atoms with Gasteiger partial charge in [-0.1, -0.05) is 6.92 Å². The average Bonchev–Trinajstić information content (AvgIpc) is 2.59. The molecule has 4 nitrogen and oxygen atoms in total. The molecule has 3 atom stereocenters. The van der Waals surface area contributed by atoms with Crippen molar-refractivity contribution in [3.8, 4) is 0 Å². The fourth-order valence-electron chi connectivity index (χ4n) is 3.60. The smallest absolute Gasteiger partial charge is 0.0509 e. The highest BCUT2D eigenvalue weighted by molar-refractivity contribution is 4.92. The zero-order valence-electron chi connectivity index (χ0n) is 12.9. The first-order valence-electron chi connectivity index (χ1n) is 7.92. The second-order valence-corrected chi connectivity index (χ2v) is 6.22. The van der Waals surface area contributed by atoms with Crippen molar-refractivity contribution in [1.82, 2.24) is 15.1 Å². The van der Waals surface area contributed by atoms with Gasteiger partial charge in [-0.3, -0.25) is 0 Å². The maximum Gasteiger partial charge on any atom is 0.0509 e. The molecule has 1 N–H and O–H groups in total. The predicted octanol–water partition coefficient (Wildman–Crippen LogP) is 1.03. The normalized spacial score (nSPS) is 33.0. The van der Waals surface area contributed by atoms with E-state index in [-0.39, 0.29) is 0 Å². The Morgan fingerprint density at radius 2 is 2.11 bits per heavy atom. The molecule has 0 saturated carbocycles. The highest BCUT2D eigenvalue weighted by Gasteiger charge is 2.34. The Balaban J connectivity index is 2.05. The van der Waals surface area contributed by atoms with E-state index in [0.29, 0.717) is 18.0 Å². The van der Waals surface area contributed by atoms with E-state index in [9.17, 15) is 0 Å². The van der Waals surface area contributed by atoms with Crippen LogP contribution in [0.4, 0.5) is 0 Å². The lowest BCUT2D eigenvalue weighted by atomic mass is 9.87. The first-order chi connectivity index (χ1) is 9.22. The summed E-state index contributed by atoms with van der Waals surface area (Å²) < 4.78 is 5.72. The van der Waals surface area contributed by atoms with Crippen LogP contribution in [0, 0.1) is 5.92 Å². The van der Waals surface area contributed by atoms with Gasteiger partial charge in [-0.05, 0) is 58.9 Å². The zero-order valence-corrected chi connectivity index (χ0v) is 12.9. The number of hydrogen-bond donors (Lipinski definition) is 1. The predicted molar refractivity (Wildman–Crippen MR) is 79.5 cm³/mol. The molecule has 0 spiro atoms. The van der Waals surface area contributed by atoms with Crippen LogP contribution >= 0.6 is 0 Å². The quantitative estimate of drug-likeness (QED) is 0.825. The van der Waals surface area contributed by atoms with E-state index in [4.69, 9.17) is 4.74 Å². The van der Waals surface area contributed by atoms with Crippen LogP contribution in [0.5, 0.6) is 0 Å². The Morgan fingerprint density at radius 3 is 2.79 bits per heavy atom. The van der Waals surface area contributed by atoms with Gasteiger partial charge >= 0.3 is 0 Å². The molecule has 0 aliphatic carbocycles. The third-order valence-corrected chi connectivity index (χ3v) is 4.67. The SMILES string of the molecule is CCNC(C1CCCOC1)C1CN(C)CCCN1C. The van der Waals surface area contributed by atoms with Gasteiger partial charge < -0.3 is 19.9 Å². The lowest BCUT2D eigenvalue weighted by Crippen LogP contribution is -2.56. The minimum absolute atomic E-state index is 0.566. The van der Waals surface area contributed by atoms with E-state index in [1.54, 1.807) is 0 Å². The average molecular weight is 269 g/mol. The first kappa shape index (κ1) is 15.2. The van der Waals surface area contributed by atoms with Crippen molar-refractivity contribution in [3.63, 3.8) is 0 Å². The number of rotatable bonds is 4. The Labute approximate surface area is 118 Å². The van der Waals surface area contributed by atoms with Crippen molar-refractivity contribution < 1.29 is 4.74 Å². The third-order valence-electron chi connectivity index (χ3n) is 4.67. The van der Waals surface area contributed by atoms with Crippen LogP contribution in [-0.4, -0.2) is 75.4 Å². The van der Waals surface area contributed by atoms with Gasteiger partial charge in [0.2, 0.25) is 0 Å². The van der Waals surface area contributed by atoms with Crippen molar-refractivity contribution in [1.29, 1.82) is 0 Å². The maximum atomic E-state index is 5.72. The van der Waals surface area contributed by atoms with Crippen molar-refractivity contribution in [2.45, 2.75) is 38.3 Å². The van der Waals surface area contributed by atoms with Gasteiger partial charge in [0.05, 0.1) is 6.61 Å². The molecule has 2 aliphatic heterocycles. The zero-order chi connectivity index (χ0) is 13.7. The minimum atomic E-state index is 0.566. The van der Waals surface area contributed by atoms with Crippen LogP contribution in [0.2, 0.25) is 0 Å². The number of nitrogens with zero attached hydrogens (tertiary/aromatic N) is 2. The molecule has 0 aromatic carbocycles. The molecule has 0 radical (unpaired) electrons. The van der Waals surface area contributed by atoms with Crippen molar-refractivity contribution in [2.75, 3.05) is 53.5 Å². The molecular formula is C15H31N3O. The summed E-state index contributed by atoms with van der Waals surface area (Å²) in [5.74, 6) is 0.674. The fourth-order valence-corrected chi connectivity index (χ4v) is 3.60. The Hall–Kier alpha value is -0.160. The summed E-state index contributed by atoms with van der Waals surface area (Å²) >= 11 is 0. The molecule has 2 heterocycles. The van der Waals surface area contributed by atoms with Crippen LogP contribution in [-0.2, 0) is 4.74 Å². The van der Waals surface area contributed by atoms with Gasteiger partial charge in [0.1, 0.15) is 0 Å². The van der Waals surface area contributed by atoms with E-state index < -0.39 is 0 Å². The summed E-state index contributed by atoms with van der Waals surface area (Å²) in [4.78, 5) is 5.05. The molecule has 2 aliphatic rings. The highest BCUT2D eigenvalue weighted by Crippen LogP contribution is 2.23. The third kappa shape index (κ3) is 4.15. The molecule has 0 bridgehead atoms. The van der Waals surface area contributed by atoms with Crippen LogP contribution in [0.1, 0.15) is 26.2 Å². The molecule has 3 unspecified atom stereocenters. The molecule has 0 amide bonds. The molecule has 0 aromatic heterocycles. The van der Waals surface area contributed by atoms with Crippen LogP contribution < -0.4 is 5.32 Å². The molecule has 4 heteroatoms. The Bertz CT molecular complexity index is 256. The molecule has 2 fully saturated rings. The molecule has 112 valence electrons. The largest absolute Gasteiger partial charge is 0.381 e. The van der Waals surface area contributed by atoms with Gasteiger partial charge in [-0.2, -0.15) is 0 Å². The first-order valence-corrected chi connectivity index (χ1v) is 7.92. The number of ether oxygens (including phenoxy) is 1. The second-order valence-electron chi connectivity index (χ2n) is 6.22. The minimum Gasteiger partial charge on any atom is -0.381 e. The maximum absolute atomic E-state index is 5.72. The summed E-state index contributed by atoms with van der Waals surface area (Å²) in [6.45, 7) is 8.77. The molecular weight excluding hydrogens is 238 g/mol. The second kappa shape index (κ2) is 7.58. The standard InChI is InChI=1S/C15H31N3O/c1-4-16-15(13-7-5-10-19-12-13)14-11-17(2)8-6-9-18(14)3/h13-16H,4-12H2,1-3H3. The van der Waals surface area contributed by atoms with Crippen molar-refractivity contribution in [3.05, 3.63) is 0 Å². The summed E-state index contributed by atoms with van der Waals surface area (Å²) in [6.07, 6.45) is 3.81. The van der Waals surface area contributed by atoms with Gasteiger partial charge in [-0.25, -0.2) is 0 Å². The van der Waals surface area contributed by atoms with Crippen molar-refractivity contribution >= 4 is 0 Å². The van der Waals surface area contributed by atoms with Crippen LogP contribution in [0.15, 0.2) is 0 Å². The van der Waals surface area contributed by atoms with Gasteiger partial charge in [0.25, 0.3) is 0 Å². The van der Waals surface area contributed by atoms with E-state index in [1.807, 2.05) is 0 Å². The molecule has 2 rings (SSSR count). The van der Waals surface area contributed by atoms with E-state index in [0.717, 1.165) is 19.8 Å². The van der Waals surface area contributed by atoms with Gasteiger partial charge in [0.15, 0.2) is 0 Å². The van der Waals surface area contributed by atoms with E-state index in [2.05, 4.69) is 36.1 Å².